The molecule has 0 spiro atoms. The van der Waals surface area contributed by atoms with E-state index in [9.17, 15) is 4.79 Å². The standard InChI is InChI=1S/C15H24ClN3O2/c1-5-7-19-14(20)13(16)10(9-17-19)18-11-8-12(21-6-2)15(11,3)4/h9,11-12,18H,5-8H2,1-4H3. The van der Waals surface area contributed by atoms with Crippen molar-refractivity contribution in [3.05, 3.63) is 21.6 Å². The molecule has 118 valence electrons. The third-order valence-corrected chi connectivity index (χ3v) is 4.66. The van der Waals surface area contributed by atoms with Crippen LogP contribution in [0.1, 0.15) is 40.5 Å². The first-order chi connectivity index (χ1) is 9.91. The highest BCUT2D eigenvalue weighted by atomic mass is 35.5. The van der Waals surface area contributed by atoms with Gasteiger partial charge in [-0.25, -0.2) is 4.68 Å². The van der Waals surface area contributed by atoms with Crippen LogP contribution in [0.4, 0.5) is 5.69 Å². The van der Waals surface area contributed by atoms with Gasteiger partial charge in [-0.2, -0.15) is 5.10 Å². The van der Waals surface area contributed by atoms with Crippen molar-refractivity contribution >= 4 is 17.3 Å². The maximum Gasteiger partial charge on any atom is 0.287 e. The fourth-order valence-corrected chi connectivity index (χ4v) is 2.94. The zero-order valence-electron chi connectivity index (χ0n) is 13.1. The summed E-state index contributed by atoms with van der Waals surface area (Å²) < 4.78 is 7.12. The first-order valence-corrected chi connectivity index (χ1v) is 7.93. The monoisotopic (exact) mass is 313 g/mol. The largest absolute Gasteiger partial charge is 0.379 e. The molecule has 1 N–H and O–H groups in total. The number of halogens is 1. The Kier molecular flexibility index (Phi) is 4.94. The Labute approximate surface area is 130 Å². The van der Waals surface area contributed by atoms with Crippen LogP contribution in [0.3, 0.4) is 0 Å². The Hall–Kier alpha value is -1.07. The van der Waals surface area contributed by atoms with Gasteiger partial charge in [0.15, 0.2) is 0 Å². The molecule has 21 heavy (non-hydrogen) atoms. The molecule has 1 fully saturated rings. The Morgan fingerprint density at radius 3 is 2.81 bits per heavy atom. The van der Waals surface area contributed by atoms with Gasteiger partial charge in [0.25, 0.3) is 5.56 Å². The van der Waals surface area contributed by atoms with Crippen LogP contribution in [0.2, 0.25) is 5.02 Å². The summed E-state index contributed by atoms with van der Waals surface area (Å²) >= 11 is 6.18. The van der Waals surface area contributed by atoms with E-state index in [1.54, 1.807) is 6.20 Å². The van der Waals surface area contributed by atoms with Crippen molar-refractivity contribution in [3.8, 4) is 0 Å². The van der Waals surface area contributed by atoms with Crippen LogP contribution < -0.4 is 10.9 Å². The smallest absolute Gasteiger partial charge is 0.287 e. The van der Waals surface area contributed by atoms with Crippen molar-refractivity contribution in [1.29, 1.82) is 0 Å². The van der Waals surface area contributed by atoms with E-state index >= 15 is 0 Å². The fourth-order valence-electron chi connectivity index (χ4n) is 2.74. The average Bonchev–Trinajstić information content (AvgIpc) is 2.45. The minimum absolute atomic E-state index is 0.0115. The van der Waals surface area contributed by atoms with Gasteiger partial charge in [-0.05, 0) is 19.8 Å². The van der Waals surface area contributed by atoms with E-state index in [0.29, 0.717) is 12.2 Å². The van der Waals surface area contributed by atoms with E-state index in [-0.39, 0.29) is 28.1 Å². The van der Waals surface area contributed by atoms with Gasteiger partial charge in [-0.1, -0.05) is 32.4 Å². The Morgan fingerprint density at radius 1 is 1.52 bits per heavy atom. The molecule has 0 saturated heterocycles. The molecular weight excluding hydrogens is 290 g/mol. The number of ether oxygens (including phenoxy) is 1. The zero-order valence-corrected chi connectivity index (χ0v) is 13.9. The van der Waals surface area contributed by atoms with Crippen LogP contribution in [0.15, 0.2) is 11.0 Å². The van der Waals surface area contributed by atoms with Crippen LogP contribution in [-0.2, 0) is 11.3 Å². The van der Waals surface area contributed by atoms with Crippen LogP contribution >= 0.6 is 11.6 Å². The van der Waals surface area contributed by atoms with Gasteiger partial charge in [0.1, 0.15) is 5.02 Å². The lowest BCUT2D eigenvalue weighted by Crippen LogP contribution is -2.58. The molecule has 0 aliphatic heterocycles. The summed E-state index contributed by atoms with van der Waals surface area (Å²) in [6, 6.07) is 0.231. The summed E-state index contributed by atoms with van der Waals surface area (Å²) in [4.78, 5) is 12.1. The summed E-state index contributed by atoms with van der Waals surface area (Å²) in [5, 5.41) is 7.73. The second kappa shape index (κ2) is 6.36. The van der Waals surface area contributed by atoms with Crippen LogP contribution in [0.5, 0.6) is 0 Å². The van der Waals surface area contributed by atoms with E-state index in [1.807, 2.05) is 13.8 Å². The number of aromatic nitrogens is 2. The first kappa shape index (κ1) is 16.3. The third kappa shape index (κ3) is 3.09. The van der Waals surface area contributed by atoms with Gasteiger partial charge < -0.3 is 10.1 Å². The van der Waals surface area contributed by atoms with E-state index in [2.05, 4.69) is 24.3 Å². The SMILES string of the molecule is CCCn1ncc(NC2CC(OCC)C2(C)C)c(Cl)c1=O. The number of hydrogen-bond donors (Lipinski definition) is 1. The summed E-state index contributed by atoms with van der Waals surface area (Å²) in [7, 11) is 0. The number of nitrogens with zero attached hydrogens (tertiary/aromatic N) is 2. The molecule has 0 aromatic carbocycles. The summed E-state index contributed by atoms with van der Waals surface area (Å²) in [6.45, 7) is 9.63. The van der Waals surface area contributed by atoms with Crippen molar-refractivity contribution in [1.82, 2.24) is 9.78 Å². The predicted octanol–water partition coefficient (Wildman–Crippen LogP) is 2.92. The molecule has 2 unspecified atom stereocenters. The third-order valence-electron chi connectivity index (χ3n) is 4.30. The molecule has 1 saturated carbocycles. The Morgan fingerprint density at radius 2 is 2.24 bits per heavy atom. The topological polar surface area (TPSA) is 56.1 Å². The maximum atomic E-state index is 12.1. The molecule has 1 aromatic heterocycles. The van der Waals surface area contributed by atoms with E-state index < -0.39 is 0 Å². The lowest BCUT2D eigenvalue weighted by molar-refractivity contribution is -0.0976. The maximum absolute atomic E-state index is 12.1. The second-order valence-corrected chi connectivity index (χ2v) is 6.48. The van der Waals surface area contributed by atoms with E-state index in [1.165, 1.54) is 4.68 Å². The van der Waals surface area contributed by atoms with Crippen molar-refractivity contribution < 1.29 is 4.74 Å². The zero-order chi connectivity index (χ0) is 15.6. The predicted molar refractivity (Wildman–Crippen MR) is 85.0 cm³/mol. The lowest BCUT2D eigenvalue weighted by Gasteiger charge is -2.52. The molecule has 2 rings (SSSR count). The summed E-state index contributed by atoms with van der Waals surface area (Å²) in [5.74, 6) is 0. The molecule has 1 aliphatic rings. The van der Waals surface area contributed by atoms with E-state index in [0.717, 1.165) is 19.4 Å². The number of anilines is 1. The Balaban J connectivity index is 2.11. The van der Waals surface area contributed by atoms with Gasteiger partial charge in [-0.3, -0.25) is 4.79 Å². The quantitative estimate of drug-likeness (QED) is 0.877. The van der Waals surface area contributed by atoms with Crippen molar-refractivity contribution in [2.45, 2.75) is 59.2 Å². The minimum atomic E-state index is -0.234. The highest BCUT2D eigenvalue weighted by Gasteiger charge is 2.49. The molecule has 1 aromatic rings. The summed E-state index contributed by atoms with van der Waals surface area (Å²) in [6.07, 6.45) is 3.65. The van der Waals surface area contributed by atoms with Crippen LogP contribution in [0.25, 0.3) is 0 Å². The number of hydrogen-bond acceptors (Lipinski definition) is 4. The molecule has 0 amide bonds. The van der Waals surface area contributed by atoms with Gasteiger partial charge in [0.05, 0.1) is 18.0 Å². The molecule has 5 nitrogen and oxygen atoms in total. The molecule has 0 radical (unpaired) electrons. The van der Waals surface area contributed by atoms with E-state index in [4.69, 9.17) is 16.3 Å². The normalized spacial score (nSPS) is 23.7. The van der Waals surface area contributed by atoms with Gasteiger partial charge >= 0.3 is 0 Å². The minimum Gasteiger partial charge on any atom is -0.379 e. The molecule has 2 atom stereocenters. The van der Waals surface area contributed by atoms with Crippen molar-refractivity contribution in [3.63, 3.8) is 0 Å². The molecule has 1 heterocycles. The van der Waals surface area contributed by atoms with Gasteiger partial charge in [0.2, 0.25) is 0 Å². The fraction of sp³-hybridized carbons (Fsp3) is 0.733. The summed E-state index contributed by atoms with van der Waals surface area (Å²) in [5.41, 5.74) is 0.390. The van der Waals surface area contributed by atoms with Crippen LogP contribution in [-0.4, -0.2) is 28.5 Å². The van der Waals surface area contributed by atoms with Gasteiger partial charge in [0, 0.05) is 24.6 Å². The molecule has 0 bridgehead atoms. The average molecular weight is 314 g/mol. The highest BCUT2D eigenvalue weighted by molar-refractivity contribution is 6.32. The molecule has 6 heteroatoms. The molecular formula is C15H24ClN3O2. The van der Waals surface area contributed by atoms with Gasteiger partial charge in [-0.15, -0.1) is 0 Å². The van der Waals surface area contributed by atoms with Crippen molar-refractivity contribution in [2.24, 2.45) is 5.41 Å². The Bertz CT molecular complexity index is 556. The number of rotatable bonds is 6. The number of aryl methyl sites for hydroxylation is 1. The molecule has 1 aliphatic carbocycles. The highest BCUT2D eigenvalue weighted by Crippen LogP contribution is 2.44. The second-order valence-electron chi connectivity index (χ2n) is 6.10. The van der Waals surface area contributed by atoms with Crippen molar-refractivity contribution in [2.75, 3.05) is 11.9 Å². The van der Waals surface area contributed by atoms with Crippen LogP contribution in [0, 0.1) is 5.41 Å². The first-order valence-electron chi connectivity index (χ1n) is 7.55. The number of nitrogens with one attached hydrogen (secondary N) is 1. The lowest BCUT2D eigenvalue weighted by atomic mass is 9.64.